The molecule has 0 radical (unpaired) electrons. The van der Waals surface area contributed by atoms with Crippen LogP contribution in [0.15, 0.2) is 51.8 Å². The number of carbonyl (C=O) groups excluding carboxylic acids is 2. The maximum Gasteiger partial charge on any atom is 0.331 e. The molecule has 2 heterocycles. The molecule has 1 aromatic heterocycles. The minimum Gasteiger partial charge on any atom is -0.462 e. The summed E-state index contributed by atoms with van der Waals surface area (Å²) in [6.45, 7) is 2.39. The number of benzene rings is 1. The van der Waals surface area contributed by atoms with E-state index in [-0.39, 0.29) is 10.5 Å². The number of piperidine rings is 1. The number of aryl methyl sites for hydroxylation is 1. The standard InChI is InChI=1S/C21H23NO6S/c1-16-5-8-18(28-16)9-12-21(24)27-15-20(23)17-6-10-19(11-7-17)29(25,26)22-13-3-2-4-14-22/h5-12H,2-4,13-15H2,1H3/b12-9+. The summed E-state index contributed by atoms with van der Waals surface area (Å²) in [5, 5.41) is 0. The van der Waals surface area contributed by atoms with Gasteiger partial charge in [-0.15, -0.1) is 0 Å². The molecule has 0 spiro atoms. The smallest absolute Gasteiger partial charge is 0.331 e. The van der Waals surface area contributed by atoms with Gasteiger partial charge in [0.2, 0.25) is 10.0 Å². The zero-order valence-electron chi connectivity index (χ0n) is 16.2. The summed E-state index contributed by atoms with van der Waals surface area (Å²) in [5.41, 5.74) is 0.279. The monoisotopic (exact) mass is 417 g/mol. The Hall–Kier alpha value is -2.71. The lowest BCUT2D eigenvalue weighted by Crippen LogP contribution is -2.35. The van der Waals surface area contributed by atoms with E-state index in [1.54, 1.807) is 19.1 Å². The van der Waals surface area contributed by atoms with Crippen molar-refractivity contribution in [1.82, 2.24) is 4.31 Å². The third-order valence-corrected chi connectivity index (χ3v) is 6.53. The molecule has 1 aliphatic rings. The Kier molecular flexibility index (Phi) is 6.66. The van der Waals surface area contributed by atoms with Crippen molar-refractivity contribution in [3.63, 3.8) is 0 Å². The zero-order chi connectivity index (χ0) is 20.9. The predicted octanol–water partition coefficient (Wildman–Crippen LogP) is 3.20. The van der Waals surface area contributed by atoms with E-state index in [2.05, 4.69) is 0 Å². The second kappa shape index (κ2) is 9.19. The van der Waals surface area contributed by atoms with E-state index in [4.69, 9.17) is 9.15 Å². The van der Waals surface area contributed by atoms with Gasteiger partial charge in [0.15, 0.2) is 12.4 Å². The van der Waals surface area contributed by atoms with Gasteiger partial charge >= 0.3 is 5.97 Å². The van der Waals surface area contributed by atoms with E-state index in [1.165, 1.54) is 40.7 Å². The first-order valence-corrected chi connectivity index (χ1v) is 10.8. The van der Waals surface area contributed by atoms with Gasteiger partial charge in [0.05, 0.1) is 4.90 Å². The molecule has 154 valence electrons. The average Bonchev–Trinajstić information content (AvgIpc) is 3.16. The molecule has 1 saturated heterocycles. The summed E-state index contributed by atoms with van der Waals surface area (Å²) in [6, 6.07) is 9.19. The number of furan rings is 1. The van der Waals surface area contributed by atoms with Crippen LogP contribution in [0.3, 0.4) is 0 Å². The lowest BCUT2D eigenvalue weighted by molar-refractivity contribution is -0.136. The van der Waals surface area contributed by atoms with E-state index in [1.807, 2.05) is 0 Å². The van der Waals surface area contributed by atoms with Crippen molar-refractivity contribution >= 4 is 27.9 Å². The number of rotatable bonds is 7. The molecule has 8 heteroatoms. The average molecular weight is 417 g/mol. The fourth-order valence-corrected chi connectivity index (χ4v) is 4.55. The van der Waals surface area contributed by atoms with Gasteiger partial charge in [-0.3, -0.25) is 4.79 Å². The van der Waals surface area contributed by atoms with Crippen molar-refractivity contribution in [3.8, 4) is 0 Å². The van der Waals surface area contributed by atoms with Gasteiger partial charge in [0.25, 0.3) is 0 Å². The molecule has 1 aliphatic heterocycles. The van der Waals surface area contributed by atoms with Crippen molar-refractivity contribution < 1.29 is 27.2 Å². The Balaban J connectivity index is 1.56. The maximum atomic E-state index is 12.6. The highest BCUT2D eigenvalue weighted by molar-refractivity contribution is 7.89. The fourth-order valence-electron chi connectivity index (χ4n) is 3.03. The van der Waals surface area contributed by atoms with Crippen LogP contribution < -0.4 is 0 Å². The van der Waals surface area contributed by atoms with Gasteiger partial charge in [0.1, 0.15) is 11.5 Å². The molecular weight excluding hydrogens is 394 g/mol. The quantitative estimate of drug-likeness (QED) is 0.390. The van der Waals surface area contributed by atoms with Crippen molar-refractivity contribution in [2.24, 2.45) is 0 Å². The molecule has 0 aliphatic carbocycles. The SMILES string of the molecule is Cc1ccc(/C=C/C(=O)OCC(=O)c2ccc(S(=O)(=O)N3CCCCC3)cc2)o1. The van der Waals surface area contributed by atoms with E-state index >= 15 is 0 Å². The van der Waals surface area contributed by atoms with Crippen molar-refractivity contribution in [2.45, 2.75) is 31.1 Å². The minimum absolute atomic E-state index is 0.157. The van der Waals surface area contributed by atoms with Crippen LogP contribution in [-0.2, 0) is 19.6 Å². The fraction of sp³-hybridized carbons (Fsp3) is 0.333. The van der Waals surface area contributed by atoms with Crippen LogP contribution in [0.1, 0.15) is 41.1 Å². The van der Waals surface area contributed by atoms with Gasteiger partial charge in [-0.1, -0.05) is 6.42 Å². The van der Waals surface area contributed by atoms with Crippen molar-refractivity contribution in [1.29, 1.82) is 0 Å². The van der Waals surface area contributed by atoms with Crippen LogP contribution in [-0.4, -0.2) is 44.2 Å². The molecule has 0 N–H and O–H groups in total. The van der Waals surface area contributed by atoms with Crippen LogP contribution in [0.2, 0.25) is 0 Å². The van der Waals surface area contributed by atoms with Crippen LogP contribution in [0.4, 0.5) is 0 Å². The molecular formula is C21H23NO6S. The number of ether oxygens (including phenoxy) is 1. The Labute approximate surface area is 170 Å². The molecule has 0 bridgehead atoms. The molecule has 3 rings (SSSR count). The molecule has 1 aromatic carbocycles. The highest BCUT2D eigenvalue weighted by atomic mass is 32.2. The largest absolute Gasteiger partial charge is 0.462 e. The van der Waals surface area contributed by atoms with Crippen LogP contribution >= 0.6 is 0 Å². The summed E-state index contributed by atoms with van der Waals surface area (Å²) in [7, 11) is -3.54. The van der Waals surface area contributed by atoms with Gasteiger partial charge in [0, 0.05) is 24.7 Å². The Morgan fingerprint density at radius 3 is 2.38 bits per heavy atom. The molecule has 0 unspecified atom stereocenters. The number of hydrogen-bond acceptors (Lipinski definition) is 6. The predicted molar refractivity (Wildman–Crippen MR) is 107 cm³/mol. The van der Waals surface area contributed by atoms with Crippen LogP contribution in [0.5, 0.6) is 0 Å². The highest BCUT2D eigenvalue weighted by Gasteiger charge is 2.25. The second-order valence-corrected chi connectivity index (χ2v) is 8.74. The first-order valence-electron chi connectivity index (χ1n) is 9.41. The second-order valence-electron chi connectivity index (χ2n) is 6.80. The van der Waals surface area contributed by atoms with E-state index < -0.39 is 28.4 Å². The van der Waals surface area contributed by atoms with Crippen LogP contribution in [0.25, 0.3) is 6.08 Å². The summed E-state index contributed by atoms with van der Waals surface area (Å²) in [5.74, 6) is 0.148. The first-order chi connectivity index (χ1) is 13.9. The number of ketones is 1. The lowest BCUT2D eigenvalue weighted by Gasteiger charge is -2.25. The number of hydrogen-bond donors (Lipinski definition) is 0. The van der Waals surface area contributed by atoms with Crippen molar-refractivity contribution in [2.75, 3.05) is 19.7 Å². The maximum absolute atomic E-state index is 12.6. The van der Waals surface area contributed by atoms with Gasteiger partial charge in [-0.2, -0.15) is 4.31 Å². The third kappa shape index (κ3) is 5.42. The molecule has 0 amide bonds. The summed E-state index contributed by atoms with van der Waals surface area (Å²) >= 11 is 0. The molecule has 1 fully saturated rings. The third-order valence-electron chi connectivity index (χ3n) is 4.62. The van der Waals surface area contributed by atoms with Gasteiger partial charge < -0.3 is 9.15 Å². The summed E-state index contributed by atoms with van der Waals surface area (Å²) < 4.78 is 37.0. The zero-order valence-corrected chi connectivity index (χ0v) is 17.0. The van der Waals surface area contributed by atoms with E-state index in [0.29, 0.717) is 18.8 Å². The highest BCUT2D eigenvalue weighted by Crippen LogP contribution is 2.21. The molecule has 0 saturated carbocycles. The van der Waals surface area contributed by atoms with Crippen molar-refractivity contribution in [3.05, 3.63) is 59.6 Å². The van der Waals surface area contributed by atoms with E-state index in [0.717, 1.165) is 25.0 Å². The summed E-state index contributed by atoms with van der Waals surface area (Å²) in [4.78, 5) is 24.1. The number of nitrogens with zero attached hydrogens (tertiary/aromatic N) is 1. The normalized spacial score (nSPS) is 15.5. The first kappa shape index (κ1) is 21.0. The Bertz CT molecular complexity index is 998. The molecule has 2 aromatic rings. The topological polar surface area (TPSA) is 93.9 Å². The molecule has 0 atom stereocenters. The van der Waals surface area contributed by atoms with Gasteiger partial charge in [-0.05, 0) is 62.2 Å². The van der Waals surface area contributed by atoms with E-state index in [9.17, 15) is 18.0 Å². The lowest BCUT2D eigenvalue weighted by atomic mass is 10.1. The number of sulfonamides is 1. The molecule has 29 heavy (non-hydrogen) atoms. The Morgan fingerprint density at radius 2 is 1.76 bits per heavy atom. The minimum atomic E-state index is -3.54. The van der Waals surface area contributed by atoms with Crippen LogP contribution in [0, 0.1) is 6.92 Å². The summed E-state index contributed by atoms with van der Waals surface area (Å²) in [6.07, 6.45) is 5.39. The Morgan fingerprint density at radius 1 is 1.07 bits per heavy atom. The number of esters is 1. The number of carbonyl (C=O) groups is 2. The van der Waals surface area contributed by atoms with Gasteiger partial charge in [-0.25, -0.2) is 13.2 Å². The number of Topliss-reactive ketones (excluding diaryl/α,β-unsaturated/α-hetero) is 1. The molecule has 7 nitrogen and oxygen atoms in total.